The Bertz CT molecular complexity index is 966. The Kier molecular flexibility index (Phi) is 6.03. The monoisotopic (exact) mass is 385 g/mol. The quantitative estimate of drug-likeness (QED) is 0.593. The molecule has 28 heavy (non-hydrogen) atoms. The summed E-state index contributed by atoms with van der Waals surface area (Å²) >= 11 is 0. The first-order chi connectivity index (χ1) is 13.5. The van der Waals surface area contributed by atoms with Gasteiger partial charge in [0.2, 0.25) is 0 Å². The van der Waals surface area contributed by atoms with E-state index in [1.807, 2.05) is 6.92 Å². The van der Waals surface area contributed by atoms with E-state index in [0.717, 1.165) is 18.6 Å². The second kappa shape index (κ2) is 8.65. The van der Waals surface area contributed by atoms with Crippen molar-refractivity contribution >= 4 is 5.82 Å². The van der Waals surface area contributed by atoms with Crippen LogP contribution in [0.25, 0.3) is 11.3 Å². The number of benzene rings is 2. The molecule has 0 saturated heterocycles. The largest absolute Gasteiger partial charge is 0.504 e. The van der Waals surface area contributed by atoms with Crippen molar-refractivity contribution in [1.82, 2.24) is 9.97 Å². The lowest BCUT2D eigenvalue weighted by Crippen LogP contribution is -2.14. The van der Waals surface area contributed by atoms with Crippen LogP contribution in [0.2, 0.25) is 0 Å². The Labute approximate surface area is 162 Å². The molecule has 0 spiro atoms. The predicted molar refractivity (Wildman–Crippen MR) is 103 cm³/mol. The van der Waals surface area contributed by atoms with Gasteiger partial charge in [-0.3, -0.25) is 4.98 Å². The van der Waals surface area contributed by atoms with Gasteiger partial charge in [-0.15, -0.1) is 0 Å². The third kappa shape index (κ3) is 4.36. The van der Waals surface area contributed by atoms with Gasteiger partial charge < -0.3 is 15.2 Å². The van der Waals surface area contributed by atoms with Gasteiger partial charge in [0.05, 0.1) is 31.2 Å². The second-order valence-electron chi connectivity index (χ2n) is 6.33. The second-order valence-corrected chi connectivity index (χ2v) is 6.33. The summed E-state index contributed by atoms with van der Waals surface area (Å²) in [7, 11) is 1.46. The maximum atomic E-state index is 14.2. The number of ether oxygens (including phenoxy) is 1. The van der Waals surface area contributed by atoms with Gasteiger partial charge in [-0.2, -0.15) is 0 Å². The molecule has 3 rings (SSSR count). The van der Waals surface area contributed by atoms with Crippen LogP contribution in [0.3, 0.4) is 0 Å². The number of phenolic OH excluding ortho intramolecular Hbond substituents is 1. The fraction of sp³-hybridized carbons (Fsp3) is 0.238. The van der Waals surface area contributed by atoms with Gasteiger partial charge in [0.15, 0.2) is 11.5 Å². The Morgan fingerprint density at radius 2 is 1.96 bits per heavy atom. The molecule has 1 aromatic heterocycles. The van der Waals surface area contributed by atoms with Crippen molar-refractivity contribution in [2.24, 2.45) is 0 Å². The molecule has 0 saturated carbocycles. The molecule has 2 aromatic carbocycles. The van der Waals surface area contributed by atoms with Crippen molar-refractivity contribution in [1.29, 1.82) is 0 Å². The molecule has 2 N–H and O–H groups in total. The van der Waals surface area contributed by atoms with Crippen LogP contribution >= 0.6 is 0 Å². The standard InChI is InChI=1S/C21H21F2N3O2/c1-3-4-17(15-10-14(22)6-7-16(15)23)25-21-12-24-11-18(26-21)13-5-8-19(27)20(9-13)28-2/h5-12,17,27H,3-4H2,1-2H3,(H,25,26). The molecular weight excluding hydrogens is 364 g/mol. The lowest BCUT2D eigenvalue weighted by Gasteiger charge is -2.20. The molecule has 0 aliphatic carbocycles. The maximum absolute atomic E-state index is 14.2. The number of methoxy groups -OCH3 is 1. The minimum Gasteiger partial charge on any atom is -0.504 e. The number of halogens is 2. The zero-order valence-electron chi connectivity index (χ0n) is 15.6. The van der Waals surface area contributed by atoms with Crippen molar-refractivity contribution < 1.29 is 18.6 Å². The highest BCUT2D eigenvalue weighted by atomic mass is 19.1. The number of hydrogen-bond donors (Lipinski definition) is 2. The highest BCUT2D eigenvalue weighted by molar-refractivity contribution is 5.64. The zero-order valence-corrected chi connectivity index (χ0v) is 15.6. The third-order valence-electron chi connectivity index (χ3n) is 4.34. The number of phenols is 1. The highest BCUT2D eigenvalue weighted by Gasteiger charge is 2.17. The van der Waals surface area contributed by atoms with Crippen molar-refractivity contribution in [3.63, 3.8) is 0 Å². The zero-order chi connectivity index (χ0) is 20.1. The van der Waals surface area contributed by atoms with E-state index in [4.69, 9.17) is 4.74 Å². The molecule has 0 amide bonds. The van der Waals surface area contributed by atoms with Crippen LogP contribution in [-0.4, -0.2) is 22.2 Å². The van der Waals surface area contributed by atoms with Gasteiger partial charge in [-0.1, -0.05) is 13.3 Å². The van der Waals surface area contributed by atoms with Crippen molar-refractivity contribution in [2.45, 2.75) is 25.8 Å². The Morgan fingerprint density at radius 3 is 2.71 bits per heavy atom. The molecule has 1 unspecified atom stereocenters. The van der Waals surface area contributed by atoms with Gasteiger partial charge >= 0.3 is 0 Å². The fourth-order valence-electron chi connectivity index (χ4n) is 2.97. The molecule has 0 bridgehead atoms. The summed E-state index contributed by atoms with van der Waals surface area (Å²) in [6.45, 7) is 1.97. The first kappa shape index (κ1) is 19.5. The normalized spacial score (nSPS) is 11.9. The van der Waals surface area contributed by atoms with Gasteiger partial charge in [-0.05, 0) is 42.8 Å². The number of nitrogens with zero attached hydrogens (tertiary/aromatic N) is 2. The smallest absolute Gasteiger partial charge is 0.161 e. The van der Waals surface area contributed by atoms with Crippen LogP contribution in [-0.2, 0) is 0 Å². The number of hydrogen-bond acceptors (Lipinski definition) is 5. The van der Waals surface area contributed by atoms with Crippen LogP contribution in [0.15, 0.2) is 48.8 Å². The van der Waals surface area contributed by atoms with Crippen LogP contribution in [0.4, 0.5) is 14.6 Å². The molecule has 0 fully saturated rings. The number of anilines is 1. The Morgan fingerprint density at radius 1 is 1.14 bits per heavy atom. The Balaban J connectivity index is 1.91. The van der Waals surface area contributed by atoms with E-state index < -0.39 is 17.7 Å². The van der Waals surface area contributed by atoms with Gasteiger partial charge in [0, 0.05) is 11.1 Å². The highest BCUT2D eigenvalue weighted by Crippen LogP contribution is 2.31. The first-order valence-corrected chi connectivity index (χ1v) is 8.92. The molecule has 7 heteroatoms. The molecule has 146 valence electrons. The molecule has 5 nitrogen and oxygen atoms in total. The summed E-state index contributed by atoms with van der Waals surface area (Å²) < 4.78 is 33.0. The number of aromatic nitrogens is 2. The molecular formula is C21H21F2N3O2. The van der Waals surface area contributed by atoms with Crippen LogP contribution in [0.1, 0.15) is 31.4 Å². The van der Waals surface area contributed by atoms with Gasteiger partial charge in [0.1, 0.15) is 17.5 Å². The average Bonchev–Trinajstić information content (AvgIpc) is 2.70. The van der Waals surface area contributed by atoms with Gasteiger partial charge in [-0.25, -0.2) is 13.8 Å². The van der Waals surface area contributed by atoms with E-state index in [0.29, 0.717) is 29.2 Å². The van der Waals surface area contributed by atoms with Crippen LogP contribution < -0.4 is 10.1 Å². The predicted octanol–water partition coefficient (Wildman–Crippen LogP) is 5.09. The maximum Gasteiger partial charge on any atom is 0.161 e. The Hall–Kier alpha value is -3.22. The summed E-state index contributed by atoms with van der Waals surface area (Å²) in [5.41, 5.74) is 1.51. The fourth-order valence-corrected chi connectivity index (χ4v) is 2.97. The van der Waals surface area contributed by atoms with Crippen molar-refractivity contribution in [3.05, 3.63) is 66.0 Å². The molecule has 0 aliphatic rings. The van der Waals surface area contributed by atoms with E-state index in [-0.39, 0.29) is 11.3 Å². The van der Waals surface area contributed by atoms with Gasteiger partial charge in [0.25, 0.3) is 0 Å². The summed E-state index contributed by atoms with van der Waals surface area (Å²) in [6, 6.07) is 7.84. The summed E-state index contributed by atoms with van der Waals surface area (Å²) in [5.74, 6) is -0.178. The van der Waals surface area contributed by atoms with Crippen LogP contribution in [0.5, 0.6) is 11.5 Å². The minimum absolute atomic E-state index is 0.0260. The van der Waals surface area contributed by atoms with Crippen molar-refractivity contribution in [3.8, 4) is 22.8 Å². The topological polar surface area (TPSA) is 67.3 Å². The molecule has 0 radical (unpaired) electrons. The van der Waals surface area contributed by atoms with Crippen LogP contribution in [0, 0.1) is 11.6 Å². The van der Waals surface area contributed by atoms with E-state index >= 15 is 0 Å². The van der Waals surface area contributed by atoms with E-state index in [9.17, 15) is 13.9 Å². The molecule has 1 heterocycles. The first-order valence-electron chi connectivity index (χ1n) is 8.92. The minimum atomic E-state index is -0.490. The van der Waals surface area contributed by atoms with Crippen molar-refractivity contribution in [2.75, 3.05) is 12.4 Å². The lowest BCUT2D eigenvalue weighted by molar-refractivity contribution is 0.373. The molecule has 3 aromatic rings. The lowest BCUT2D eigenvalue weighted by atomic mass is 10.0. The summed E-state index contributed by atoms with van der Waals surface area (Å²) in [4.78, 5) is 8.71. The average molecular weight is 385 g/mol. The number of nitrogens with one attached hydrogen (secondary N) is 1. The SMILES string of the molecule is CCCC(Nc1cncc(-c2ccc(O)c(OC)c2)n1)c1cc(F)ccc1F. The van der Waals surface area contributed by atoms with E-state index in [1.165, 1.54) is 25.4 Å². The summed E-state index contributed by atoms with van der Waals surface area (Å²) in [5, 5.41) is 12.9. The molecule has 0 aliphatic heterocycles. The third-order valence-corrected chi connectivity index (χ3v) is 4.34. The number of aromatic hydroxyl groups is 1. The van der Waals surface area contributed by atoms with E-state index in [2.05, 4.69) is 15.3 Å². The number of rotatable bonds is 7. The molecule has 1 atom stereocenters. The summed E-state index contributed by atoms with van der Waals surface area (Å²) in [6.07, 6.45) is 4.48. The van der Waals surface area contributed by atoms with E-state index in [1.54, 1.807) is 18.3 Å².